The number of aromatic nitrogens is 1. The molecule has 0 radical (unpaired) electrons. The summed E-state index contributed by atoms with van der Waals surface area (Å²) in [6, 6.07) is 17.5. The van der Waals surface area contributed by atoms with E-state index in [1.807, 2.05) is 18.2 Å². The van der Waals surface area contributed by atoms with Gasteiger partial charge in [0, 0.05) is 35.9 Å². The van der Waals surface area contributed by atoms with Crippen molar-refractivity contribution in [2.45, 2.75) is 45.2 Å². The minimum Gasteiger partial charge on any atom is -0.492 e. The third-order valence-corrected chi connectivity index (χ3v) is 5.91. The van der Waals surface area contributed by atoms with Crippen molar-refractivity contribution in [3.05, 3.63) is 48.0 Å². The molecule has 32 heavy (non-hydrogen) atoms. The highest BCUT2D eigenvalue weighted by molar-refractivity contribution is 5.95. The average Bonchev–Trinajstić information content (AvgIpc) is 3.06. The number of anilines is 1. The number of nitrogens with two attached hydrogens (primary N) is 1. The van der Waals surface area contributed by atoms with Crippen molar-refractivity contribution < 1.29 is 4.74 Å². The summed E-state index contributed by atoms with van der Waals surface area (Å²) in [7, 11) is 0. The monoisotopic (exact) mass is 430 g/mol. The van der Waals surface area contributed by atoms with Crippen LogP contribution in [-0.2, 0) is 0 Å². The Balaban J connectivity index is 1.76. The number of hydrogen-bond donors (Lipinski definition) is 2. The van der Waals surface area contributed by atoms with Crippen molar-refractivity contribution in [1.29, 1.82) is 5.26 Å². The first-order valence-corrected chi connectivity index (χ1v) is 11.1. The molecule has 1 heterocycles. The smallest absolute Gasteiger partial charge is 0.121 e. The van der Waals surface area contributed by atoms with Gasteiger partial charge in [-0.25, -0.2) is 11.0 Å². The minimum absolute atomic E-state index is 0.365. The van der Waals surface area contributed by atoms with Gasteiger partial charge in [-0.1, -0.05) is 12.1 Å². The van der Waals surface area contributed by atoms with Crippen molar-refractivity contribution in [1.82, 2.24) is 9.69 Å². The first-order chi connectivity index (χ1) is 15.5. The molecule has 166 valence electrons. The van der Waals surface area contributed by atoms with E-state index in [2.05, 4.69) is 65.9 Å². The molecule has 1 saturated carbocycles. The standard InChI is InChI=1S/C25H30N6O/c1-17(2)29-19-9-7-18(8-10-19)25-23(16-26)22-12-11-21(32-14-13-30(27)28-3)15-24(22)31(25)20-5-4-6-20/h7-12,15,17,20,29H,3-6,13-14,27H2,1-2H3. The Morgan fingerprint density at radius 3 is 2.62 bits per heavy atom. The SMILES string of the molecule is C=NN(N)CCOc1ccc2c(C#N)c(-c3ccc(NC(C)C)cc3)n(C3CCC3)c2c1. The summed E-state index contributed by atoms with van der Waals surface area (Å²) in [5, 5.41) is 19.4. The predicted octanol–water partition coefficient (Wildman–Crippen LogP) is 4.90. The fourth-order valence-electron chi connectivity index (χ4n) is 4.19. The van der Waals surface area contributed by atoms with Crippen molar-refractivity contribution in [2.75, 3.05) is 18.5 Å². The molecule has 2 aromatic carbocycles. The highest BCUT2D eigenvalue weighted by atomic mass is 16.5. The molecule has 0 amide bonds. The lowest BCUT2D eigenvalue weighted by Gasteiger charge is -2.30. The van der Waals surface area contributed by atoms with Crippen molar-refractivity contribution in [2.24, 2.45) is 10.9 Å². The number of hydrazone groups is 1. The predicted molar refractivity (Wildman–Crippen MR) is 130 cm³/mol. The molecule has 7 heteroatoms. The quantitative estimate of drug-likeness (QED) is 0.286. The Kier molecular flexibility index (Phi) is 6.33. The van der Waals surface area contributed by atoms with E-state index in [-0.39, 0.29) is 0 Å². The number of fused-ring (bicyclic) bond motifs is 1. The Morgan fingerprint density at radius 2 is 2.03 bits per heavy atom. The van der Waals surface area contributed by atoms with Gasteiger partial charge in [0.25, 0.3) is 0 Å². The van der Waals surface area contributed by atoms with Crippen LogP contribution in [0.5, 0.6) is 5.75 Å². The molecule has 4 rings (SSSR count). The van der Waals surface area contributed by atoms with E-state index < -0.39 is 0 Å². The molecule has 0 bridgehead atoms. The summed E-state index contributed by atoms with van der Waals surface area (Å²) in [6.07, 6.45) is 3.44. The summed E-state index contributed by atoms with van der Waals surface area (Å²) in [4.78, 5) is 0. The molecule has 0 spiro atoms. The highest BCUT2D eigenvalue weighted by Crippen LogP contribution is 2.43. The number of hydrazine groups is 1. The zero-order chi connectivity index (χ0) is 22.7. The minimum atomic E-state index is 0.365. The molecular formula is C25H30N6O. The van der Waals surface area contributed by atoms with E-state index in [0.717, 1.165) is 46.4 Å². The largest absolute Gasteiger partial charge is 0.492 e. The van der Waals surface area contributed by atoms with E-state index in [4.69, 9.17) is 10.6 Å². The van der Waals surface area contributed by atoms with Gasteiger partial charge in [0.05, 0.1) is 23.3 Å². The van der Waals surface area contributed by atoms with Crippen LogP contribution in [0.3, 0.4) is 0 Å². The van der Waals surface area contributed by atoms with Crippen LogP contribution in [0.1, 0.15) is 44.7 Å². The van der Waals surface area contributed by atoms with Crippen molar-refractivity contribution in [3.63, 3.8) is 0 Å². The van der Waals surface area contributed by atoms with E-state index in [1.54, 1.807) is 0 Å². The fourth-order valence-corrected chi connectivity index (χ4v) is 4.19. The Bertz CT molecular complexity index is 1140. The number of nitrogens with one attached hydrogen (secondary N) is 1. The molecule has 3 N–H and O–H groups in total. The lowest BCUT2D eigenvalue weighted by atomic mass is 9.92. The molecule has 0 saturated heterocycles. The number of ether oxygens (including phenoxy) is 1. The molecule has 0 unspecified atom stereocenters. The Labute approximate surface area is 189 Å². The van der Waals surface area contributed by atoms with Gasteiger partial charge in [0.2, 0.25) is 0 Å². The molecule has 7 nitrogen and oxygen atoms in total. The van der Waals surface area contributed by atoms with Crippen LogP contribution in [0.15, 0.2) is 47.6 Å². The third-order valence-electron chi connectivity index (χ3n) is 5.91. The number of benzene rings is 2. The lowest BCUT2D eigenvalue weighted by Crippen LogP contribution is -2.29. The van der Waals surface area contributed by atoms with Gasteiger partial charge in [0.1, 0.15) is 18.4 Å². The molecule has 1 aliphatic rings. The van der Waals surface area contributed by atoms with Gasteiger partial charge in [-0.05, 0) is 62.9 Å². The fraction of sp³-hybridized carbons (Fsp3) is 0.360. The molecule has 1 aromatic heterocycles. The van der Waals surface area contributed by atoms with Crippen LogP contribution in [0.2, 0.25) is 0 Å². The van der Waals surface area contributed by atoms with Gasteiger partial charge in [-0.3, -0.25) is 0 Å². The molecule has 1 aliphatic carbocycles. The average molecular weight is 431 g/mol. The van der Waals surface area contributed by atoms with E-state index in [1.165, 1.54) is 11.5 Å². The maximum atomic E-state index is 10.1. The second-order valence-corrected chi connectivity index (χ2v) is 8.50. The topological polar surface area (TPSA) is 91.6 Å². The number of hydrogen-bond acceptors (Lipinski definition) is 6. The number of rotatable bonds is 9. The Morgan fingerprint density at radius 1 is 1.28 bits per heavy atom. The van der Waals surface area contributed by atoms with E-state index in [0.29, 0.717) is 30.8 Å². The lowest BCUT2D eigenvalue weighted by molar-refractivity contribution is 0.220. The first-order valence-electron chi connectivity index (χ1n) is 11.1. The Hall–Kier alpha value is -3.50. The number of nitriles is 1. The van der Waals surface area contributed by atoms with Gasteiger partial charge in [-0.2, -0.15) is 10.4 Å². The third kappa shape index (κ3) is 4.27. The summed E-state index contributed by atoms with van der Waals surface area (Å²) in [6.45, 7) is 8.48. The molecule has 0 atom stereocenters. The second-order valence-electron chi connectivity index (χ2n) is 8.50. The van der Waals surface area contributed by atoms with Crippen LogP contribution in [0.4, 0.5) is 5.69 Å². The molecule has 3 aromatic rings. The van der Waals surface area contributed by atoms with E-state index >= 15 is 0 Å². The van der Waals surface area contributed by atoms with Crippen LogP contribution < -0.4 is 15.9 Å². The molecule has 0 aliphatic heterocycles. The van der Waals surface area contributed by atoms with Crippen LogP contribution in [0, 0.1) is 11.3 Å². The van der Waals surface area contributed by atoms with Crippen LogP contribution in [0.25, 0.3) is 22.2 Å². The zero-order valence-electron chi connectivity index (χ0n) is 18.7. The van der Waals surface area contributed by atoms with Gasteiger partial charge < -0.3 is 14.6 Å². The maximum Gasteiger partial charge on any atom is 0.121 e. The summed E-state index contributed by atoms with van der Waals surface area (Å²) >= 11 is 0. The summed E-state index contributed by atoms with van der Waals surface area (Å²) in [5.41, 5.74) is 4.87. The summed E-state index contributed by atoms with van der Waals surface area (Å²) in [5.74, 6) is 6.39. The van der Waals surface area contributed by atoms with Gasteiger partial charge in [0.15, 0.2) is 0 Å². The number of nitrogens with zero attached hydrogens (tertiary/aromatic N) is 4. The maximum absolute atomic E-state index is 10.1. The van der Waals surface area contributed by atoms with Crippen LogP contribution in [-0.4, -0.2) is 35.6 Å². The van der Waals surface area contributed by atoms with E-state index in [9.17, 15) is 5.26 Å². The van der Waals surface area contributed by atoms with Gasteiger partial charge in [-0.15, -0.1) is 0 Å². The highest BCUT2D eigenvalue weighted by Gasteiger charge is 2.28. The zero-order valence-corrected chi connectivity index (χ0v) is 18.7. The molecule has 1 fully saturated rings. The normalized spacial score (nSPS) is 13.6. The van der Waals surface area contributed by atoms with Crippen LogP contribution >= 0.6 is 0 Å². The first kappa shape index (κ1) is 21.7. The van der Waals surface area contributed by atoms with Gasteiger partial charge >= 0.3 is 0 Å². The van der Waals surface area contributed by atoms with Crippen molar-refractivity contribution in [3.8, 4) is 23.1 Å². The van der Waals surface area contributed by atoms with Crippen molar-refractivity contribution >= 4 is 23.3 Å². The molecular weight excluding hydrogens is 400 g/mol. The second kappa shape index (κ2) is 9.33. The summed E-state index contributed by atoms with van der Waals surface area (Å²) < 4.78 is 8.24.